The maximum atomic E-state index is 11.1. The van der Waals surface area contributed by atoms with Crippen LogP contribution in [0.3, 0.4) is 0 Å². The lowest BCUT2D eigenvalue weighted by atomic mass is 10.1. The molecular weight excluding hydrogens is 268 g/mol. The van der Waals surface area contributed by atoms with Gasteiger partial charge in [0.1, 0.15) is 6.29 Å². The Morgan fingerprint density at radius 1 is 1.35 bits per heavy atom. The van der Waals surface area contributed by atoms with Crippen LogP contribution >= 0.6 is 11.8 Å². The van der Waals surface area contributed by atoms with Crippen molar-refractivity contribution in [3.8, 4) is 17.2 Å². The molecular formula is C16H14N2OS. The van der Waals surface area contributed by atoms with Crippen molar-refractivity contribution in [2.45, 2.75) is 23.5 Å². The first-order chi connectivity index (χ1) is 9.55. The molecule has 0 amide bonds. The van der Waals surface area contributed by atoms with Gasteiger partial charge >= 0.3 is 0 Å². The number of pyridine rings is 1. The van der Waals surface area contributed by atoms with E-state index in [1.54, 1.807) is 18.5 Å². The van der Waals surface area contributed by atoms with Crippen molar-refractivity contribution < 1.29 is 4.79 Å². The zero-order valence-electron chi connectivity index (χ0n) is 11.3. The highest BCUT2D eigenvalue weighted by molar-refractivity contribution is 8.01. The smallest absolute Gasteiger partial charge is 0.135 e. The number of aldehydes is 1. The molecule has 4 heteroatoms. The van der Waals surface area contributed by atoms with Gasteiger partial charge in [-0.2, -0.15) is 5.26 Å². The minimum Gasteiger partial charge on any atom is -0.302 e. The Hall–Kier alpha value is -2.12. The van der Waals surface area contributed by atoms with Gasteiger partial charge in [0.25, 0.3) is 0 Å². The minimum atomic E-state index is -0.497. The molecule has 0 saturated heterocycles. The van der Waals surface area contributed by atoms with E-state index in [9.17, 15) is 4.79 Å². The van der Waals surface area contributed by atoms with E-state index in [1.165, 1.54) is 11.8 Å². The van der Waals surface area contributed by atoms with Crippen LogP contribution in [-0.2, 0) is 4.79 Å². The van der Waals surface area contributed by atoms with E-state index >= 15 is 0 Å². The molecule has 0 aliphatic carbocycles. The zero-order chi connectivity index (χ0) is 14.6. The summed E-state index contributed by atoms with van der Waals surface area (Å²) >= 11 is 1.49. The number of benzene rings is 1. The number of aromatic nitrogens is 1. The molecule has 1 aromatic heterocycles. The molecule has 0 N–H and O–H groups in total. The molecule has 3 nitrogen and oxygen atoms in total. The van der Waals surface area contributed by atoms with Crippen LogP contribution in [0.2, 0.25) is 0 Å². The Labute approximate surface area is 122 Å². The summed E-state index contributed by atoms with van der Waals surface area (Å²) in [6.07, 6.45) is 4.41. The number of hydrogen-bond acceptors (Lipinski definition) is 4. The highest BCUT2D eigenvalue weighted by Crippen LogP contribution is 2.37. The van der Waals surface area contributed by atoms with Gasteiger partial charge in [0.05, 0.1) is 16.4 Å². The van der Waals surface area contributed by atoms with Gasteiger partial charge in [-0.3, -0.25) is 4.98 Å². The molecule has 0 saturated carbocycles. The summed E-state index contributed by atoms with van der Waals surface area (Å²) in [5.74, 6) is 0. The fourth-order valence-corrected chi connectivity index (χ4v) is 2.78. The van der Waals surface area contributed by atoms with Crippen molar-refractivity contribution in [2.24, 2.45) is 0 Å². The normalized spacial score (nSPS) is 10.8. The average molecular weight is 282 g/mol. The van der Waals surface area contributed by atoms with E-state index in [1.807, 2.05) is 38.1 Å². The van der Waals surface area contributed by atoms with Crippen LogP contribution in [0.1, 0.15) is 19.4 Å². The van der Waals surface area contributed by atoms with E-state index in [-0.39, 0.29) is 0 Å². The molecule has 2 aromatic rings. The lowest BCUT2D eigenvalue weighted by Crippen LogP contribution is -2.15. The summed E-state index contributed by atoms with van der Waals surface area (Å²) in [5, 5.41) is 8.99. The van der Waals surface area contributed by atoms with Gasteiger partial charge in [0, 0.05) is 22.9 Å². The quantitative estimate of drug-likeness (QED) is 0.634. The number of nitrogens with zero attached hydrogens (tertiary/aromatic N) is 2. The summed E-state index contributed by atoms with van der Waals surface area (Å²) in [6.45, 7) is 3.75. The van der Waals surface area contributed by atoms with Crippen LogP contribution in [0.4, 0.5) is 0 Å². The van der Waals surface area contributed by atoms with Crippen LogP contribution in [-0.4, -0.2) is 16.0 Å². The Morgan fingerprint density at radius 2 is 2.15 bits per heavy atom. The Kier molecular flexibility index (Phi) is 4.21. The number of hydrogen-bond donors (Lipinski definition) is 0. The molecule has 0 bridgehead atoms. The molecule has 0 aliphatic rings. The van der Waals surface area contributed by atoms with E-state index in [2.05, 4.69) is 11.1 Å². The van der Waals surface area contributed by atoms with Crippen LogP contribution in [0, 0.1) is 11.3 Å². The fraction of sp³-hybridized carbons (Fsp3) is 0.188. The molecule has 20 heavy (non-hydrogen) atoms. The van der Waals surface area contributed by atoms with Crippen molar-refractivity contribution in [2.75, 3.05) is 0 Å². The lowest BCUT2D eigenvalue weighted by Gasteiger charge is -2.18. The summed E-state index contributed by atoms with van der Waals surface area (Å²) in [7, 11) is 0. The van der Waals surface area contributed by atoms with Gasteiger partial charge in [-0.1, -0.05) is 12.1 Å². The van der Waals surface area contributed by atoms with Crippen molar-refractivity contribution >= 4 is 18.0 Å². The first-order valence-electron chi connectivity index (χ1n) is 6.15. The molecule has 0 aliphatic heterocycles. The molecule has 0 radical (unpaired) electrons. The monoisotopic (exact) mass is 282 g/mol. The molecule has 0 fully saturated rings. The first-order valence-corrected chi connectivity index (χ1v) is 6.97. The molecule has 0 unspecified atom stereocenters. The summed E-state index contributed by atoms with van der Waals surface area (Å²) in [5.41, 5.74) is 2.47. The molecule has 0 spiro atoms. The van der Waals surface area contributed by atoms with Gasteiger partial charge in [0.2, 0.25) is 0 Å². The average Bonchev–Trinajstić information content (AvgIpc) is 2.47. The van der Waals surface area contributed by atoms with Crippen molar-refractivity contribution in [3.05, 3.63) is 48.3 Å². The van der Waals surface area contributed by atoms with E-state index < -0.39 is 4.75 Å². The lowest BCUT2D eigenvalue weighted by molar-refractivity contribution is -0.109. The second kappa shape index (κ2) is 5.89. The summed E-state index contributed by atoms with van der Waals surface area (Å²) in [6, 6.07) is 11.4. The minimum absolute atomic E-state index is 0.497. The third-order valence-electron chi connectivity index (χ3n) is 2.74. The third-order valence-corrected chi connectivity index (χ3v) is 3.94. The standard InChI is InChI=1S/C16H14N2OS/c1-16(2,11-19)20-15-6-7-18-10-14(15)13-5-3-4-12(8-13)9-17/h3-8,10-11H,1-2H3. The number of thioether (sulfide) groups is 1. The molecule has 100 valence electrons. The van der Waals surface area contributed by atoms with Crippen molar-refractivity contribution in [1.82, 2.24) is 4.98 Å². The Bertz CT molecular complexity index is 674. The largest absolute Gasteiger partial charge is 0.302 e. The van der Waals surface area contributed by atoms with E-state index in [0.29, 0.717) is 5.56 Å². The van der Waals surface area contributed by atoms with E-state index in [0.717, 1.165) is 22.3 Å². The summed E-state index contributed by atoms with van der Waals surface area (Å²) < 4.78 is -0.497. The maximum absolute atomic E-state index is 11.1. The molecule has 1 heterocycles. The molecule has 1 aromatic carbocycles. The van der Waals surface area contributed by atoms with Gasteiger partial charge in [-0.25, -0.2) is 0 Å². The summed E-state index contributed by atoms with van der Waals surface area (Å²) in [4.78, 5) is 16.2. The van der Waals surface area contributed by atoms with Crippen LogP contribution < -0.4 is 0 Å². The predicted octanol–water partition coefficient (Wildman–Crippen LogP) is 3.69. The zero-order valence-corrected chi connectivity index (χ0v) is 12.1. The van der Waals surface area contributed by atoms with Crippen molar-refractivity contribution in [3.63, 3.8) is 0 Å². The number of rotatable bonds is 4. The highest BCUT2D eigenvalue weighted by Gasteiger charge is 2.20. The third kappa shape index (κ3) is 3.25. The van der Waals surface area contributed by atoms with Gasteiger partial charge in [0.15, 0.2) is 0 Å². The maximum Gasteiger partial charge on any atom is 0.135 e. The number of carbonyl (C=O) groups excluding carboxylic acids is 1. The highest BCUT2D eigenvalue weighted by atomic mass is 32.2. The number of nitriles is 1. The van der Waals surface area contributed by atoms with Crippen LogP contribution in [0.25, 0.3) is 11.1 Å². The van der Waals surface area contributed by atoms with Crippen LogP contribution in [0.5, 0.6) is 0 Å². The van der Waals surface area contributed by atoms with Gasteiger partial charge < -0.3 is 4.79 Å². The second-order valence-electron chi connectivity index (χ2n) is 4.89. The second-order valence-corrected chi connectivity index (χ2v) is 6.58. The van der Waals surface area contributed by atoms with Crippen LogP contribution in [0.15, 0.2) is 47.6 Å². The Morgan fingerprint density at radius 3 is 2.85 bits per heavy atom. The topological polar surface area (TPSA) is 53.8 Å². The van der Waals surface area contributed by atoms with E-state index in [4.69, 9.17) is 5.26 Å². The molecule has 0 atom stereocenters. The first kappa shape index (κ1) is 14.3. The van der Waals surface area contributed by atoms with Crippen molar-refractivity contribution in [1.29, 1.82) is 5.26 Å². The number of carbonyl (C=O) groups is 1. The van der Waals surface area contributed by atoms with Gasteiger partial charge in [-0.05, 0) is 37.6 Å². The molecule has 2 rings (SSSR count). The fourth-order valence-electron chi connectivity index (χ4n) is 1.75. The van der Waals surface area contributed by atoms with Gasteiger partial charge in [-0.15, -0.1) is 11.8 Å². The Balaban J connectivity index is 2.47. The SMILES string of the molecule is CC(C)(C=O)Sc1ccncc1-c1cccc(C#N)c1. The predicted molar refractivity (Wildman–Crippen MR) is 80.4 cm³/mol.